The molecule has 1 aromatic heterocycles. The van der Waals surface area contributed by atoms with Gasteiger partial charge in [-0.15, -0.1) is 11.3 Å². The van der Waals surface area contributed by atoms with E-state index in [1.807, 2.05) is 5.38 Å². The van der Waals surface area contributed by atoms with E-state index < -0.39 is 0 Å². The van der Waals surface area contributed by atoms with Crippen LogP contribution in [0.2, 0.25) is 0 Å². The van der Waals surface area contributed by atoms with E-state index in [0.29, 0.717) is 17.0 Å². The third-order valence-corrected chi connectivity index (χ3v) is 3.32. The average Bonchev–Trinajstić information content (AvgIpc) is 2.69. The van der Waals surface area contributed by atoms with Crippen LogP contribution in [0, 0.1) is 12.7 Å². The number of aromatic nitrogens is 1. The average molecular weight is 266 g/mol. The van der Waals surface area contributed by atoms with Gasteiger partial charge in [-0.25, -0.2) is 9.37 Å². The Bertz CT molecular complexity index is 563. The molecule has 17 heavy (non-hydrogen) atoms. The lowest BCUT2D eigenvalue weighted by Crippen LogP contribution is -2.10. The van der Waals surface area contributed by atoms with Crippen molar-refractivity contribution in [3.8, 4) is 11.3 Å². The number of hydrogen-bond donors (Lipinski definition) is 1. The summed E-state index contributed by atoms with van der Waals surface area (Å²) in [4.78, 5) is 4.85. The second kappa shape index (κ2) is 4.89. The lowest BCUT2D eigenvalue weighted by molar-refractivity contribution is 0.619. The van der Waals surface area contributed by atoms with Crippen LogP contribution in [-0.2, 0) is 6.42 Å². The van der Waals surface area contributed by atoms with Crippen molar-refractivity contribution in [2.75, 3.05) is 0 Å². The summed E-state index contributed by atoms with van der Waals surface area (Å²) in [5, 5.41) is 2.81. The Morgan fingerprint density at radius 3 is 2.94 bits per heavy atom. The molecule has 0 bridgehead atoms. The Balaban J connectivity index is 2.30. The Morgan fingerprint density at radius 2 is 2.29 bits per heavy atom. The van der Waals surface area contributed by atoms with Crippen molar-refractivity contribution in [2.45, 2.75) is 13.3 Å². The molecule has 0 aliphatic carbocycles. The first kappa shape index (κ1) is 12.1. The number of thiocarbonyl (C=S) groups is 1. The number of thiazole rings is 1. The van der Waals surface area contributed by atoms with Gasteiger partial charge in [0.15, 0.2) is 0 Å². The number of benzene rings is 1. The fourth-order valence-corrected chi connectivity index (χ4v) is 2.53. The molecule has 0 amide bonds. The summed E-state index contributed by atoms with van der Waals surface area (Å²) >= 11 is 6.35. The molecule has 0 aliphatic heterocycles. The molecule has 0 unspecified atom stereocenters. The molecule has 2 N–H and O–H groups in total. The molecule has 2 aromatic rings. The maximum Gasteiger partial charge on any atom is 0.126 e. The van der Waals surface area contributed by atoms with Crippen molar-refractivity contribution >= 4 is 28.5 Å². The maximum absolute atomic E-state index is 13.1. The standard InChI is InChI=1S/C12H11FN2S2/c1-7-4-8(2-3-9(7)13)10-6-17-12(15-10)5-11(14)16/h2-4,6H,5H2,1H3,(H2,14,16). The van der Waals surface area contributed by atoms with E-state index in [-0.39, 0.29) is 5.82 Å². The normalized spacial score (nSPS) is 10.5. The van der Waals surface area contributed by atoms with E-state index in [1.165, 1.54) is 17.4 Å². The quantitative estimate of drug-likeness (QED) is 0.868. The topological polar surface area (TPSA) is 38.9 Å². The number of aryl methyl sites for hydroxylation is 1. The van der Waals surface area contributed by atoms with Crippen LogP contribution in [0.5, 0.6) is 0 Å². The first-order chi connectivity index (χ1) is 8.06. The number of halogens is 1. The van der Waals surface area contributed by atoms with Crippen molar-refractivity contribution in [1.29, 1.82) is 0 Å². The predicted molar refractivity (Wildman–Crippen MR) is 72.7 cm³/mol. The Morgan fingerprint density at radius 1 is 1.53 bits per heavy atom. The van der Waals surface area contributed by atoms with Gasteiger partial charge in [0.2, 0.25) is 0 Å². The van der Waals surface area contributed by atoms with Crippen LogP contribution in [-0.4, -0.2) is 9.97 Å². The van der Waals surface area contributed by atoms with Crippen molar-refractivity contribution in [2.24, 2.45) is 5.73 Å². The van der Waals surface area contributed by atoms with Gasteiger partial charge >= 0.3 is 0 Å². The molecule has 5 heteroatoms. The highest BCUT2D eigenvalue weighted by atomic mass is 32.1. The molecule has 0 atom stereocenters. The first-order valence-corrected chi connectivity index (χ1v) is 6.34. The van der Waals surface area contributed by atoms with Crippen LogP contribution in [0.3, 0.4) is 0 Å². The minimum absolute atomic E-state index is 0.202. The highest BCUT2D eigenvalue weighted by Gasteiger charge is 2.07. The highest BCUT2D eigenvalue weighted by molar-refractivity contribution is 7.80. The first-order valence-electron chi connectivity index (χ1n) is 5.05. The van der Waals surface area contributed by atoms with Crippen molar-refractivity contribution in [3.63, 3.8) is 0 Å². The Labute approximate surface area is 108 Å². The molecule has 88 valence electrons. The second-order valence-electron chi connectivity index (χ2n) is 3.73. The van der Waals surface area contributed by atoms with Gasteiger partial charge < -0.3 is 5.73 Å². The van der Waals surface area contributed by atoms with Crippen LogP contribution in [0.25, 0.3) is 11.3 Å². The lowest BCUT2D eigenvalue weighted by atomic mass is 10.1. The van der Waals surface area contributed by atoms with Crippen LogP contribution >= 0.6 is 23.6 Å². The van der Waals surface area contributed by atoms with E-state index in [9.17, 15) is 4.39 Å². The molecule has 1 heterocycles. The number of rotatable bonds is 3. The van der Waals surface area contributed by atoms with Gasteiger partial charge in [0, 0.05) is 17.4 Å². The van der Waals surface area contributed by atoms with Gasteiger partial charge in [-0.2, -0.15) is 0 Å². The van der Waals surface area contributed by atoms with Crippen molar-refractivity contribution in [1.82, 2.24) is 4.98 Å². The SMILES string of the molecule is Cc1cc(-c2csc(CC(N)=S)n2)ccc1F. The summed E-state index contributed by atoms with van der Waals surface area (Å²) in [6.07, 6.45) is 0.514. The Hall–Kier alpha value is -1.33. The zero-order chi connectivity index (χ0) is 12.4. The van der Waals surface area contributed by atoms with E-state index in [1.54, 1.807) is 19.1 Å². The van der Waals surface area contributed by atoms with E-state index in [0.717, 1.165) is 16.3 Å². The monoisotopic (exact) mass is 266 g/mol. The molecule has 2 rings (SSSR count). The zero-order valence-corrected chi connectivity index (χ0v) is 10.9. The van der Waals surface area contributed by atoms with Crippen LogP contribution in [0.4, 0.5) is 4.39 Å². The zero-order valence-electron chi connectivity index (χ0n) is 9.24. The molecule has 0 spiro atoms. The highest BCUT2D eigenvalue weighted by Crippen LogP contribution is 2.24. The molecule has 2 nitrogen and oxygen atoms in total. The van der Waals surface area contributed by atoms with E-state index in [2.05, 4.69) is 4.98 Å². The molecular weight excluding hydrogens is 255 g/mol. The smallest absolute Gasteiger partial charge is 0.126 e. The molecule has 1 aromatic carbocycles. The predicted octanol–water partition coefficient (Wildman–Crippen LogP) is 3.09. The largest absolute Gasteiger partial charge is 0.393 e. The summed E-state index contributed by atoms with van der Waals surface area (Å²) in [6.45, 7) is 1.74. The van der Waals surface area contributed by atoms with Crippen LogP contribution < -0.4 is 5.73 Å². The van der Waals surface area contributed by atoms with Crippen molar-refractivity contribution in [3.05, 3.63) is 40.0 Å². The second-order valence-corrected chi connectivity index (χ2v) is 5.20. The van der Waals surface area contributed by atoms with Gasteiger partial charge in [-0.3, -0.25) is 0 Å². The van der Waals surface area contributed by atoms with E-state index in [4.69, 9.17) is 18.0 Å². The van der Waals surface area contributed by atoms with Gasteiger partial charge in [0.1, 0.15) is 5.82 Å². The van der Waals surface area contributed by atoms with Gasteiger partial charge in [0.25, 0.3) is 0 Å². The lowest BCUT2D eigenvalue weighted by Gasteiger charge is -2.00. The van der Waals surface area contributed by atoms with Gasteiger partial charge in [0.05, 0.1) is 15.7 Å². The van der Waals surface area contributed by atoms with E-state index >= 15 is 0 Å². The molecule has 0 aliphatic rings. The summed E-state index contributed by atoms with van der Waals surface area (Å²) in [6, 6.07) is 4.97. The third-order valence-electron chi connectivity index (χ3n) is 2.33. The summed E-state index contributed by atoms with van der Waals surface area (Å²) in [5.74, 6) is -0.202. The maximum atomic E-state index is 13.1. The molecule has 0 fully saturated rings. The van der Waals surface area contributed by atoms with Gasteiger partial charge in [-0.1, -0.05) is 12.2 Å². The third kappa shape index (κ3) is 2.87. The van der Waals surface area contributed by atoms with Crippen molar-refractivity contribution < 1.29 is 4.39 Å². The Kier molecular flexibility index (Phi) is 3.49. The molecule has 0 saturated heterocycles. The summed E-state index contributed by atoms with van der Waals surface area (Å²) in [5.41, 5.74) is 7.83. The fraction of sp³-hybridized carbons (Fsp3) is 0.167. The minimum Gasteiger partial charge on any atom is -0.393 e. The number of nitrogens with two attached hydrogens (primary N) is 1. The minimum atomic E-state index is -0.202. The number of hydrogen-bond acceptors (Lipinski definition) is 3. The summed E-state index contributed by atoms with van der Waals surface area (Å²) in [7, 11) is 0. The van der Waals surface area contributed by atoms with Gasteiger partial charge in [-0.05, 0) is 30.7 Å². The van der Waals surface area contributed by atoms with Crippen LogP contribution in [0.15, 0.2) is 23.6 Å². The van der Waals surface area contributed by atoms with Crippen LogP contribution in [0.1, 0.15) is 10.6 Å². The molecular formula is C12H11FN2S2. The molecule has 0 radical (unpaired) electrons. The number of nitrogens with zero attached hydrogens (tertiary/aromatic N) is 1. The fourth-order valence-electron chi connectivity index (χ4n) is 1.48. The summed E-state index contributed by atoms with van der Waals surface area (Å²) < 4.78 is 13.1. The molecule has 0 saturated carbocycles.